The first kappa shape index (κ1) is 11.9. The minimum Gasteiger partial charge on any atom is -0.348 e. The number of hydrogen-bond acceptors (Lipinski definition) is 5. The molecule has 2 rings (SSSR count). The highest BCUT2D eigenvalue weighted by Gasteiger charge is 2.20. The first-order valence-corrected chi connectivity index (χ1v) is 7.29. The zero-order chi connectivity index (χ0) is 11.4. The molecule has 0 bridgehead atoms. The van der Waals surface area contributed by atoms with E-state index in [1.54, 1.807) is 11.3 Å². The summed E-state index contributed by atoms with van der Waals surface area (Å²) in [5, 5.41) is 9.09. The highest BCUT2D eigenvalue weighted by Crippen LogP contribution is 2.10. The minimum atomic E-state index is -0.0418. The third-order valence-electron chi connectivity index (χ3n) is 2.32. The number of thiazole rings is 1. The summed E-state index contributed by atoms with van der Waals surface area (Å²) in [6.07, 6.45) is 0. The molecule has 1 aromatic rings. The molecule has 6 heteroatoms. The van der Waals surface area contributed by atoms with Crippen LogP contribution < -0.4 is 10.6 Å². The predicted octanol–water partition coefficient (Wildman–Crippen LogP) is 0.773. The topological polar surface area (TPSA) is 54.0 Å². The third kappa shape index (κ3) is 3.20. The van der Waals surface area contributed by atoms with Gasteiger partial charge in [0.25, 0.3) is 0 Å². The van der Waals surface area contributed by atoms with Crippen LogP contribution in [0, 0.1) is 6.92 Å². The highest BCUT2D eigenvalue weighted by molar-refractivity contribution is 7.99. The fraction of sp³-hybridized carbons (Fsp3) is 0.600. The van der Waals surface area contributed by atoms with Crippen molar-refractivity contribution in [2.45, 2.75) is 19.5 Å². The Kier molecular flexibility index (Phi) is 4.20. The van der Waals surface area contributed by atoms with Crippen molar-refractivity contribution in [3.05, 3.63) is 16.1 Å². The number of hydrogen-bond donors (Lipinski definition) is 2. The van der Waals surface area contributed by atoms with Crippen LogP contribution in [0.1, 0.15) is 10.7 Å². The van der Waals surface area contributed by atoms with E-state index in [9.17, 15) is 4.79 Å². The van der Waals surface area contributed by atoms with Gasteiger partial charge in [-0.2, -0.15) is 11.8 Å². The number of carbonyl (C=O) groups excluding carboxylic acids is 1. The molecule has 1 saturated heterocycles. The molecule has 16 heavy (non-hydrogen) atoms. The minimum absolute atomic E-state index is 0.0418. The van der Waals surface area contributed by atoms with Gasteiger partial charge in [-0.25, -0.2) is 4.98 Å². The largest absolute Gasteiger partial charge is 0.348 e. The van der Waals surface area contributed by atoms with E-state index in [2.05, 4.69) is 15.6 Å². The molecule has 2 heterocycles. The van der Waals surface area contributed by atoms with Gasteiger partial charge >= 0.3 is 0 Å². The van der Waals surface area contributed by atoms with Gasteiger partial charge in [0.1, 0.15) is 5.01 Å². The average molecular weight is 257 g/mol. The summed E-state index contributed by atoms with van der Waals surface area (Å²) in [6.45, 7) is 3.42. The molecule has 1 aliphatic rings. The summed E-state index contributed by atoms with van der Waals surface area (Å²) >= 11 is 3.41. The van der Waals surface area contributed by atoms with Crippen LogP contribution in [-0.4, -0.2) is 35.0 Å². The molecule has 4 nitrogen and oxygen atoms in total. The van der Waals surface area contributed by atoms with E-state index in [-0.39, 0.29) is 11.9 Å². The molecule has 1 atom stereocenters. The van der Waals surface area contributed by atoms with Crippen molar-refractivity contribution >= 4 is 29.0 Å². The van der Waals surface area contributed by atoms with Crippen LogP contribution in [0.5, 0.6) is 0 Å². The lowest BCUT2D eigenvalue weighted by Crippen LogP contribution is -2.48. The van der Waals surface area contributed by atoms with E-state index >= 15 is 0 Å². The van der Waals surface area contributed by atoms with E-state index in [4.69, 9.17) is 0 Å². The molecule has 0 spiro atoms. The molecule has 1 aromatic heterocycles. The Morgan fingerprint density at radius 1 is 1.75 bits per heavy atom. The van der Waals surface area contributed by atoms with Crippen molar-refractivity contribution in [2.24, 2.45) is 0 Å². The zero-order valence-corrected chi connectivity index (χ0v) is 10.8. The maximum absolute atomic E-state index is 11.8. The lowest BCUT2D eigenvalue weighted by Gasteiger charge is -2.21. The lowest BCUT2D eigenvalue weighted by molar-refractivity contribution is -0.122. The zero-order valence-electron chi connectivity index (χ0n) is 9.16. The Balaban J connectivity index is 1.78. The quantitative estimate of drug-likeness (QED) is 0.840. The van der Waals surface area contributed by atoms with Gasteiger partial charge in [-0.1, -0.05) is 0 Å². The Bertz CT molecular complexity index is 361. The van der Waals surface area contributed by atoms with Crippen LogP contribution >= 0.6 is 23.1 Å². The van der Waals surface area contributed by atoms with Crippen LogP contribution in [0.3, 0.4) is 0 Å². The summed E-state index contributed by atoms with van der Waals surface area (Å²) in [4.78, 5) is 16.1. The summed E-state index contributed by atoms with van der Waals surface area (Å²) in [7, 11) is 0. The monoisotopic (exact) mass is 257 g/mol. The molecule has 0 saturated carbocycles. The van der Waals surface area contributed by atoms with Crippen LogP contribution in [0.4, 0.5) is 0 Å². The van der Waals surface area contributed by atoms with Crippen molar-refractivity contribution in [3.63, 3.8) is 0 Å². The number of nitrogens with zero attached hydrogens (tertiary/aromatic N) is 1. The van der Waals surface area contributed by atoms with Crippen molar-refractivity contribution in [2.75, 3.05) is 18.1 Å². The molecule has 0 radical (unpaired) electrons. The van der Waals surface area contributed by atoms with E-state index in [1.807, 2.05) is 24.1 Å². The van der Waals surface area contributed by atoms with E-state index in [1.165, 1.54) is 0 Å². The van der Waals surface area contributed by atoms with Crippen LogP contribution in [0.15, 0.2) is 5.38 Å². The Hall–Kier alpha value is -0.590. The average Bonchev–Trinajstić information content (AvgIpc) is 2.73. The van der Waals surface area contributed by atoms with Gasteiger partial charge in [-0.3, -0.25) is 4.79 Å². The van der Waals surface area contributed by atoms with Gasteiger partial charge in [-0.15, -0.1) is 11.3 Å². The van der Waals surface area contributed by atoms with Crippen molar-refractivity contribution in [3.8, 4) is 0 Å². The van der Waals surface area contributed by atoms with Crippen LogP contribution in [-0.2, 0) is 11.3 Å². The maximum Gasteiger partial charge on any atom is 0.238 e. The smallest absolute Gasteiger partial charge is 0.238 e. The van der Waals surface area contributed by atoms with Crippen molar-refractivity contribution < 1.29 is 4.79 Å². The molecule has 1 amide bonds. The maximum atomic E-state index is 11.8. The summed E-state index contributed by atoms with van der Waals surface area (Å²) in [5.41, 5.74) is 1.01. The lowest BCUT2D eigenvalue weighted by atomic mass is 10.3. The van der Waals surface area contributed by atoms with Gasteiger partial charge in [0.05, 0.1) is 12.6 Å². The Morgan fingerprint density at radius 3 is 3.25 bits per heavy atom. The Morgan fingerprint density at radius 2 is 2.62 bits per heavy atom. The first-order valence-electron chi connectivity index (χ1n) is 5.25. The van der Waals surface area contributed by atoms with Gasteiger partial charge in [0.15, 0.2) is 0 Å². The fourth-order valence-electron chi connectivity index (χ4n) is 1.50. The number of thioether (sulfide) groups is 1. The van der Waals surface area contributed by atoms with Gasteiger partial charge < -0.3 is 10.6 Å². The molecule has 0 aliphatic carbocycles. The summed E-state index contributed by atoms with van der Waals surface area (Å²) in [6, 6.07) is -0.0418. The standard InChI is InChI=1S/C10H15N3OS2/c1-7-5-16-9(13-7)4-12-10(14)8-6-15-3-2-11-8/h5,8,11H,2-4,6H2,1H3,(H,12,14). The summed E-state index contributed by atoms with van der Waals surface area (Å²) in [5.74, 6) is 2.04. The van der Waals surface area contributed by atoms with Crippen molar-refractivity contribution in [1.29, 1.82) is 0 Å². The second kappa shape index (κ2) is 5.65. The van der Waals surface area contributed by atoms with Crippen LogP contribution in [0.2, 0.25) is 0 Å². The first-order chi connectivity index (χ1) is 7.75. The molecule has 88 valence electrons. The molecular formula is C10H15N3OS2. The molecule has 1 fully saturated rings. The second-order valence-corrected chi connectivity index (χ2v) is 5.77. The van der Waals surface area contributed by atoms with E-state index in [0.29, 0.717) is 6.54 Å². The second-order valence-electron chi connectivity index (χ2n) is 3.68. The third-order valence-corrected chi connectivity index (χ3v) is 4.35. The normalized spacial score (nSPS) is 20.7. The molecule has 1 aliphatic heterocycles. The fourth-order valence-corrected chi connectivity index (χ4v) is 3.15. The molecular weight excluding hydrogens is 242 g/mol. The van der Waals surface area contributed by atoms with Gasteiger partial charge in [-0.05, 0) is 6.92 Å². The molecule has 1 unspecified atom stereocenters. The van der Waals surface area contributed by atoms with Crippen LogP contribution in [0.25, 0.3) is 0 Å². The van der Waals surface area contributed by atoms with Gasteiger partial charge in [0.2, 0.25) is 5.91 Å². The number of aromatic nitrogens is 1. The summed E-state index contributed by atoms with van der Waals surface area (Å²) < 4.78 is 0. The number of rotatable bonds is 3. The Labute approximate surface area is 103 Å². The molecule has 2 N–H and O–H groups in total. The van der Waals surface area contributed by atoms with E-state index < -0.39 is 0 Å². The number of amides is 1. The molecule has 0 aromatic carbocycles. The number of carbonyl (C=O) groups is 1. The van der Waals surface area contributed by atoms with Crippen molar-refractivity contribution in [1.82, 2.24) is 15.6 Å². The van der Waals surface area contributed by atoms with E-state index in [0.717, 1.165) is 28.8 Å². The predicted molar refractivity (Wildman–Crippen MR) is 67.8 cm³/mol. The number of nitrogens with one attached hydrogen (secondary N) is 2. The SMILES string of the molecule is Cc1csc(CNC(=O)C2CSCCN2)n1. The number of aryl methyl sites for hydroxylation is 1. The highest BCUT2D eigenvalue weighted by atomic mass is 32.2. The van der Waals surface area contributed by atoms with Gasteiger partial charge in [0, 0.05) is 29.1 Å².